The number of carbonyl (C=O) groups excluding carboxylic acids is 1. The molecule has 1 aromatic rings. The number of rotatable bonds is 6. The van der Waals surface area contributed by atoms with Crippen LogP contribution in [0.3, 0.4) is 0 Å². The topological polar surface area (TPSA) is 66.5 Å². The Hall–Kier alpha value is -1.63. The van der Waals surface area contributed by atoms with Crippen molar-refractivity contribution in [3.05, 3.63) is 30.1 Å². The molecule has 7 heteroatoms. The van der Waals surface area contributed by atoms with Crippen LogP contribution in [0.15, 0.2) is 24.3 Å². The number of amides is 1. The summed E-state index contributed by atoms with van der Waals surface area (Å²) in [4.78, 5) is 12.4. The van der Waals surface area contributed by atoms with Crippen molar-refractivity contribution in [2.24, 2.45) is 5.41 Å². The van der Waals surface area contributed by atoms with Crippen molar-refractivity contribution < 1.29 is 17.6 Å². The summed E-state index contributed by atoms with van der Waals surface area (Å²) in [5.41, 5.74) is -0.200. The van der Waals surface area contributed by atoms with Gasteiger partial charge >= 0.3 is 0 Å². The standard InChI is InChI=1S/C17H27FN2O3S/c1-16(2,3)12-17(4,5)19-15(21)11-20(24(6,22)23)14-9-7-13(18)8-10-14/h7-10H,11-12H2,1-6H3,(H,19,21). The van der Waals surface area contributed by atoms with Gasteiger partial charge in [0.15, 0.2) is 0 Å². The molecule has 1 aromatic carbocycles. The van der Waals surface area contributed by atoms with E-state index in [0.717, 1.165) is 29.1 Å². The maximum Gasteiger partial charge on any atom is 0.241 e. The SMILES string of the molecule is CC(C)(C)CC(C)(C)NC(=O)CN(c1ccc(F)cc1)S(C)(=O)=O. The molecule has 0 radical (unpaired) electrons. The average Bonchev–Trinajstić information content (AvgIpc) is 2.32. The van der Waals surface area contributed by atoms with Gasteiger partial charge in [-0.1, -0.05) is 20.8 Å². The van der Waals surface area contributed by atoms with Crippen LogP contribution in [0.2, 0.25) is 0 Å². The molecule has 1 N–H and O–H groups in total. The van der Waals surface area contributed by atoms with Gasteiger partial charge in [-0.15, -0.1) is 0 Å². The Labute approximate surface area is 144 Å². The molecule has 0 saturated carbocycles. The first-order chi connectivity index (χ1) is 10.7. The second kappa shape index (κ2) is 7.09. The Kier molecular flexibility index (Phi) is 6.03. The zero-order chi connectivity index (χ0) is 18.8. The second-order valence-electron chi connectivity index (χ2n) is 7.92. The molecule has 0 bridgehead atoms. The predicted molar refractivity (Wildman–Crippen MR) is 94.9 cm³/mol. The fourth-order valence-electron chi connectivity index (χ4n) is 2.92. The van der Waals surface area contributed by atoms with Gasteiger partial charge in [0.25, 0.3) is 0 Å². The zero-order valence-electron chi connectivity index (χ0n) is 15.2. The van der Waals surface area contributed by atoms with E-state index in [1.54, 1.807) is 0 Å². The summed E-state index contributed by atoms with van der Waals surface area (Å²) >= 11 is 0. The maximum absolute atomic E-state index is 13.0. The Morgan fingerprint density at radius 1 is 1.12 bits per heavy atom. The highest BCUT2D eigenvalue weighted by Crippen LogP contribution is 2.27. The van der Waals surface area contributed by atoms with Crippen LogP contribution in [0.5, 0.6) is 0 Å². The van der Waals surface area contributed by atoms with Crippen LogP contribution in [0.1, 0.15) is 41.0 Å². The Morgan fingerprint density at radius 3 is 2.04 bits per heavy atom. The molecule has 5 nitrogen and oxygen atoms in total. The highest BCUT2D eigenvalue weighted by Gasteiger charge is 2.29. The van der Waals surface area contributed by atoms with Crippen molar-refractivity contribution in [1.82, 2.24) is 5.32 Å². The second-order valence-corrected chi connectivity index (χ2v) is 9.82. The van der Waals surface area contributed by atoms with Crippen LogP contribution in [0.25, 0.3) is 0 Å². The third kappa shape index (κ3) is 6.86. The lowest BCUT2D eigenvalue weighted by molar-refractivity contribution is -0.121. The fraction of sp³-hybridized carbons (Fsp3) is 0.588. The summed E-state index contributed by atoms with van der Waals surface area (Å²) in [6.45, 7) is 9.67. The monoisotopic (exact) mass is 358 g/mol. The van der Waals surface area contributed by atoms with Gasteiger partial charge in [-0.3, -0.25) is 9.10 Å². The molecule has 136 valence electrons. The summed E-state index contributed by atoms with van der Waals surface area (Å²) in [6.07, 6.45) is 1.76. The van der Waals surface area contributed by atoms with Crippen molar-refractivity contribution in [1.29, 1.82) is 0 Å². The van der Waals surface area contributed by atoms with E-state index >= 15 is 0 Å². The zero-order valence-corrected chi connectivity index (χ0v) is 16.0. The Balaban J connectivity index is 2.92. The first kappa shape index (κ1) is 20.4. The first-order valence-corrected chi connectivity index (χ1v) is 9.59. The summed E-state index contributed by atoms with van der Waals surface area (Å²) < 4.78 is 38.0. The normalized spacial score (nSPS) is 12.8. The molecule has 0 aliphatic heterocycles. The van der Waals surface area contributed by atoms with Gasteiger partial charge in [0.1, 0.15) is 12.4 Å². The molecule has 1 rings (SSSR count). The summed E-state index contributed by atoms with van der Waals surface area (Å²) in [6, 6.07) is 5.00. The smallest absolute Gasteiger partial charge is 0.241 e. The van der Waals surface area contributed by atoms with E-state index in [9.17, 15) is 17.6 Å². The molecule has 0 fully saturated rings. The number of halogens is 1. The fourth-order valence-corrected chi connectivity index (χ4v) is 3.78. The number of sulfonamides is 1. The summed E-state index contributed by atoms with van der Waals surface area (Å²) in [5.74, 6) is -0.873. The summed E-state index contributed by atoms with van der Waals surface area (Å²) in [5, 5.41) is 2.88. The van der Waals surface area contributed by atoms with E-state index in [1.807, 2.05) is 13.8 Å². The minimum atomic E-state index is -3.67. The largest absolute Gasteiger partial charge is 0.350 e. The third-order valence-corrected chi connectivity index (χ3v) is 4.39. The number of carbonyl (C=O) groups is 1. The molecule has 0 atom stereocenters. The highest BCUT2D eigenvalue weighted by molar-refractivity contribution is 7.92. The van der Waals surface area contributed by atoms with Gasteiger partial charge in [-0.05, 0) is 49.9 Å². The van der Waals surface area contributed by atoms with Gasteiger partial charge in [0, 0.05) is 5.54 Å². The quantitative estimate of drug-likeness (QED) is 0.850. The van der Waals surface area contributed by atoms with E-state index in [4.69, 9.17) is 0 Å². The molecule has 0 aromatic heterocycles. The molecule has 0 saturated heterocycles. The van der Waals surface area contributed by atoms with Gasteiger partial charge in [-0.25, -0.2) is 12.8 Å². The number of hydrogen-bond acceptors (Lipinski definition) is 3. The molecule has 0 unspecified atom stereocenters. The minimum absolute atomic E-state index is 0.0181. The molecule has 1 amide bonds. The lowest BCUT2D eigenvalue weighted by Crippen LogP contribution is -2.50. The first-order valence-electron chi connectivity index (χ1n) is 7.74. The van der Waals surface area contributed by atoms with Crippen LogP contribution < -0.4 is 9.62 Å². The lowest BCUT2D eigenvalue weighted by Gasteiger charge is -2.34. The number of hydrogen-bond donors (Lipinski definition) is 1. The number of nitrogens with one attached hydrogen (secondary N) is 1. The van der Waals surface area contributed by atoms with Crippen molar-refractivity contribution in [3.63, 3.8) is 0 Å². The van der Waals surface area contributed by atoms with Crippen LogP contribution in [0, 0.1) is 11.2 Å². The molecule has 0 aliphatic carbocycles. The number of nitrogens with zero attached hydrogens (tertiary/aromatic N) is 1. The van der Waals surface area contributed by atoms with E-state index < -0.39 is 27.3 Å². The third-order valence-electron chi connectivity index (χ3n) is 3.25. The molecule has 0 aliphatic rings. The van der Waals surface area contributed by atoms with E-state index in [1.165, 1.54) is 12.1 Å². The van der Waals surface area contributed by atoms with Crippen molar-refractivity contribution >= 4 is 21.6 Å². The summed E-state index contributed by atoms with van der Waals surface area (Å²) in [7, 11) is -3.67. The molecular formula is C17H27FN2O3S. The predicted octanol–water partition coefficient (Wildman–Crippen LogP) is 2.92. The van der Waals surface area contributed by atoms with Gasteiger partial charge in [0.05, 0.1) is 11.9 Å². The van der Waals surface area contributed by atoms with Crippen molar-refractivity contribution in [2.75, 3.05) is 17.1 Å². The van der Waals surface area contributed by atoms with Crippen molar-refractivity contribution in [2.45, 2.75) is 46.6 Å². The van der Waals surface area contributed by atoms with E-state index in [2.05, 4.69) is 26.1 Å². The lowest BCUT2D eigenvalue weighted by atomic mass is 9.82. The molecular weight excluding hydrogens is 331 g/mol. The van der Waals surface area contributed by atoms with Crippen LogP contribution >= 0.6 is 0 Å². The van der Waals surface area contributed by atoms with E-state index in [-0.39, 0.29) is 17.6 Å². The van der Waals surface area contributed by atoms with E-state index in [0.29, 0.717) is 0 Å². The molecule has 0 heterocycles. The average molecular weight is 358 g/mol. The highest BCUT2D eigenvalue weighted by atomic mass is 32.2. The molecule has 0 spiro atoms. The van der Waals surface area contributed by atoms with Crippen LogP contribution in [-0.2, 0) is 14.8 Å². The van der Waals surface area contributed by atoms with Crippen LogP contribution in [0.4, 0.5) is 10.1 Å². The van der Waals surface area contributed by atoms with Crippen molar-refractivity contribution in [3.8, 4) is 0 Å². The molecule has 24 heavy (non-hydrogen) atoms. The van der Waals surface area contributed by atoms with Crippen LogP contribution in [-0.4, -0.2) is 32.7 Å². The number of benzene rings is 1. The van der Waals surface area contributed by atoms with Gasteiger partial charge in [0.2, 0.25) is 15.9 Å². The minimum Gasteiger partial charge on any atom is -0.350 e. The van der Waals surface area contributed by atoms with Gasteiger partial charge in [-0.2, -0.15) is 0 Å². The maximum atomic E-state index is 13.0. The number of anilines is 1. The Morgan fingerprint density at radius 2 is 1.62 bits per heavy atom. The van der Waals surface area contributed by atoms with Gasteiger partial charge < -0.3 is 5.32 Å². The Bertz CT molecular complexity index is 677.